The van der Waals surface area contributed by atoms with Crippen molar-refractivity contribution in [2.24, 2.45) is 11.8 Å². The third-order valence-corrected chi connectivity index (χ3v) is 7.82. The number of fused-ring (bicyclic) bond motifs is 4. The second-order valence-corrected chi connectivity index (χ2v) is 9.59. The van der Waals surface area contributed by atoms with Gasteiger partial charge in [-0.15, -0.1) is 6.58 Å². The number of hydrogen-bond acceptors (Lipinski definition) is 2. The maximum atomic E-state index is 13.1. The molecule has 33 heavy (non-hydrogen) atoms. The second kappa shape index (κ2) is 8.26. The van der Waals surface area contributed by atoms with Gasteiger partial charge in [-0.05, 0) is 35.7 Å². The van der Waals surface area contributed by atoms with Crippen LogP contribution in [0.15, 0.2) is 73.4 Å². The van der Waals surface area contributed by atoms with E-state index in [-0.39, 0.29) is 6.04 Å². The van der Waals surface area contributed by atoms with E-state index >= 15 is 0 Å². The van der Waals surface area contributed by atoms with Crippen molar-refractivity contribution in [2.75, 3.05) is 13.1 Å². The highest BCUT2D eigenvalue weighted by molar-refractivity contribution is 5.82. The third kappa shape index (κ3) is 3.96. The van der Waals surface area contributed by atoms with Crippen molar-refractivity contribution in [1.82, 2.24) is 4.98 Å². The topological polar surface area (TPSA) is 33.1 Å². The molecule has 2 bridgehead atoms. The zero-order chi connectivity index (χ0) is 23.2. The molecule has 1 unspecified atom stereocenters. The molecule has 1 aromatic heterocycles. The van der Waals surface area contributed by atoms with Crippen LogP contribution in [0.5, 0.6) is 0 Å². The number of aromatic nitrogens is 1. The fourth-order valence-corrected chi connectivity index (χ4v) is 6.13. The average Bonchev–Trinajstić information content (AvgIpc) is 2.83. The first-order chi connectivity index (χ1) is 15.8. The number of rotatable bonds is 5. The Bertz CT molecular complexity index is 1150. The number of piperidine rings is 3. The summed E-state index contributed by atoms with van der Waals surface area (Å²) in [7, 11) is 0. The first-order valence-electron chi connectivity index (χ1n) is 11.5. The summed E-state index contributed by atoms with van der Waals surface area (Å²) in [6.45, 7) is 6.39. The summed E-state index contributed by atoms with van der Waals surface area (Å²) in [6.07, 6.45) is 0.648. The summed E-state index contributed by atoms with van der Waals surface area (Å²) in [6, 6.07) is 15.2. The van der Waals surface area contributed by atoms with Gasteiger partial charge in [-0.1, -0.05) is 36.4 Å². The number of para-hydroxylation sites is 1. The minimum absolute atomic E-state index is 0.0342. The average molecular weight is 454 g/mol. The number of nitrogens with zero attached hydrogens (tertiary/aromatic N) is 2. The van der Waals surface area contributed by atoms with Crippen molar-refractivity contribution in [3.63, 3.8) is 0 Å². The number of alkyl halides is 3. The van der Waals surface area contributed by atoms with E-state index in [1.54, 1.807) is 18.3 Å². The number of benzene rings is 2. The zero-order valence-corrected chi connectivity index (χ0v) is 18.4. The Hall–Kier alpha value is -2.70. The van der Waals surface area contributed by atoms with Gasteiger partial charge in [-0.3, -0.25) is 4.98 Å². The molecular formula is C27H28F3N2O+. The largest absolute Gasteiger partial charge is 0.416 e. The van der Waals surface area contributed by atoms with E-state index in [4.69, 9.17) is 0 Å². The van der Waals surface area contributed by atoms with Crippen LogP contribution >= 0.6 is 0 Å². The predicted octanol–water partition coefficient (Wildman–Crippen LogP) is 5.90. The summed E-state index contributed by atoms with van der Waals surface area (Å²) in [5.41, 5.74) is 1.96. The minimum atomic E-state index is -4.34. The van der Waals surface area contributed by atoms with Crippen molar-refractivity contribution < 1.29 is 22.8 Å². The van der Waals surface area contributed by atoms with Crippen LogP contribution in [0.2, 0.25) is 0 Å². The molecule has 0 aliphatic carbocycles. The van der Waals surface area contributed by atoms with Crippen molar-refractivity contribution in [2.45, 2.75) is 37.7 Å². The lowest BCUT2D eigenvalue weighted by Crippen LogP contribution is -2.67. The lowest BCUT2D eigenvalue weighted by molar-refractivity contribution is -0.984. The highest BCUT2D eigenvalue weighted by atomic mass is 19.4. The normalized spacial score (nSPS) is 28.1. The molecule has 3 aromatic rings. The first-order valence-corrected chi connectivity index (χ1v) is 11.5. The van der Waals surface area contributed by atoms with Gasteiger partial charge in [-0.2, -0.15) is 13.2 Å². The van der Waals surface area contributed by atoms with E-state index in [1.807, 2.05) is 36.4 Å². The molecule has 3 aliphatic rings. The van der Waals surface area contributed by atoms with Gasteiger partial charge in [0.15, 0.2) is 0 Å². The maximum absolute atomic E-state index is 13.1. The quantitative estimate of drug-likeness (QED) is 0.386. The van der Waals surface area contributed by atoms with Crippen LogP contribution in [-0.4, -0.2) is 33.7 Å². The number of aliphatic hydroxyl groups is 1. The van der Waals surface area contributed by atoms with E-state index in [1.165, 1.54) is 0 Å². The number of hydrogen-bond donors (Lipinski definition) is 1. The summed E-state index contributed by atoms with van der Waals surface area (Å²) < 4.78 is 39.8. The Morgan fingerprint density at radius 3 is 2.61 bits per heavy atom. The molecule has 1 N–H and O–H groups in total. The molecule has 0 radical (unpaired) electrons. The van der Waals surface area contributed by atoms with Crippen LogP contribution in [0.25, 0.3) is 10.9 Å². The molecule has 3 nitrogen and oxygen atoms in total. The zero-order valence-electron chi connectivity index (χ0n) is 18.4. The fourth-order valence-electron chi connectivity index (χ4n) is 6.13. The molecule has 6 heteroatoms. The van der Waals surface area contributed by atoms with Gasteiger partial charge in [0.25, 0.3) is 0 Å². The molecule has 3 aliphatic heterocycles. The second-order valence-electron chi connectivity index (χ2n) is 9.59. The van der Waals surface area contributed by atoms with Crippen LogP contribution in [0, 0.1) is 11.8 Å². The Morgan fingerprint density at radius 2 is 1.88 bits per heavy atom. The van der Waals surface area contributed by atoms with E-state index < -0.39 is 17.8 Å². The molecule has 5 atom stereocenters. The molecule has 4 heterocycles. The van der Waals surface area contributed by atoms with Crippen LogP contribution in [0.3, 0.4) is 0 Å². The standard InChI is InChI=1S/C27H28F3N2O/c1-2-19-17-32(16-18-7-9-21(10-8-18)27(28,29)30)14-12-20(19)15-25(32)26(33)23-11-13-31-24-6-4-3-5-22(23)24/h2-11,13,19-20,25-26,33H,1,12,14-17H2/q+1/t19?,20-,25+,26-,32+/m0/s1. The van der Waals surface area contributed by atoms with Crippen molar-refractivity contribution in [3.05, 3.63) is 90.1 Å². The van der Waals surface area contributed by atoms with Crippen LogP contribution in [0.4, 0.5) is 13.2 Å². The van der Waals surface area contributed by atoms with Crippen molar-refractivity contribution in [3.8, 4) is 0 Å². The van der Waals surface area contributed by atoms with Crippen molar-refractivity contribution >= 4 is 10.9 Å². The Kier molecular flexibility index (Phi) is 5.53. The number of quaternary nitrogens is 1. The molecule has 6 rings (SSSR count). The van der Waals surface area contributed by atoms with Gasteiger partial charge >= 0.3 is 6.18 Å². The Morgan fingerprint density at radius 1 is 1.12 bits per heavy atom. The third-order valence-electron chi connectivity index (χ3n) is 7.82. The van der Waals surface area contributed by atoms with E-state index in [0.717, 1.165) is 60.1 Å². The maximum Gasteiger partial charge on any atom is 0.416 e. The molecular weight excluding hydrogens is 425 g/mol. The van der Waals surface area contributed by atoms with Crippen LogP contribution in [0.1, 0.15) is 35.6 Å². The molecule has 3 saturated heterocycles. The van der Waals surface area contributed by atoms with E-state index in [0.29, 0.717) is 22.9 Å². The number of pyridine rings is 1. The summed E-state index contributed by atoms with van der Waals surface area (Å²) in [5, 5.41) is 12.6. The summed E-state index contributed by atoms with van der Waals surface area (Å²) in [4.78, 5) is 4.43. The molecule has 2 aromatic carbocycles. The van der Waals surface area contributed by atoms with Gasteiger partial charge in [0.05, 0.1) is 24.2 Å². The molecule has 0 amide bonds. The predicted molar refractivity (Wildman–Crippen MR) is 122 cm³/mol. The van der Waals surface area contributed by atoms with Crippen LogP contribution in [-0.2, 0) is 12.7 Å². The first kappa shape index (κ1) is 22.1. The lowest BCUT2D eigenvalue weighted by atomic mass is 9.71. The van der Waals surface area contributed by atoms with Crippen LogP contribution < -0.4 is 0 Å². The van der Waals surface area contributed by atoms with Gasteiger partial charge in [-0.25, -0.2) is 0 Å². The SMILES string of the molecule is C=CC1C[N@+]2(Cc3ccc(C(F)(F)F)cc3)CC[C@H]1C[C@@H]2[C@@H](O)c1ccnc2ccccc12. The lowest BCUT2D eigenvalue weighted by Gasteiger charge is -2.58. The number of aliphatic hydroxyl groups excluding tert-OH is 1. The minimum Gasteiger partial charge on any atom is -0.382 e. The Labute approximate surface area is 191 Å². The molecule has 3 fully saturated rings. The van der Waals surface area contributed by atoms with Gasteiger partial charge < -0.3 is 9.59 Å². The monoisotopic (exact) mass is 453 g/mol. The van der Waals surface area contributed by atoms with Crippen molar-refractivity contribution in [1.29, 1.82) is 0 Å². The van der Waals surface area contributed by atoms with Gasteiger partial charge in [0, 0.05) is 35.9 Å². The van der Waals surface area contributed by atoms with E-state index in [2.05, 4.69) is 11.6 Å². The molecule has 172 valence electrons. The molecule has 0 saturated carbocycles. The molecule has 0 spiro atoms. The fraction of sp³-hybridized carbons (Fsp3) is 0.370. The highest BCUT2D eigenvalue weighted by Gasteiger charge is 2.54. The number of halogens is 3. The summed E-state index contributed by atoms with van der Waals surface area (Å²) >= 11 is 0. The summed E-state index contributed by atoms with van der Waals surface area (Å²) in [5.74, 6) is 0.827. The van der Waals surface area contributed by atoms with E-state index in [9.17, 15) is 18.3 Å². The smallest absolute Gasteiger partial charge is 0.382 e. The highest BCUT2D eigenvalue weighted by Crippen LogP contribution is 2.48. The Balaban J connectivity index is 1.51. The van der Waals surface area contributed by atoms with Gasteiger partial charge in [0.1, 0.15) is 18.7 Å². The van der Waals surface area contributed by atoms with Gasteiger partial charge in [0.2, 0.25) is 0 Å².